The Labute approximate surface area is 191 Å². The molecule has 2 heterocycles. The minimum Gasteiger partial charge on any atom is -0.493 e. The largest absolute Gasteiger partial charge is 0.493 e. The molecule has 2 aromatic heterocycles. The van der Waals surface area contributed by atoms with Crippen LogP contribution >= 0.6 is 0 Å². The van der Waals surface area contributed by atoms with Gasteiger partial charge in [-0.1, -0.05) is 6.07 Å². The first-order valence-electron chi connectivity index (χ1n) is 11.1. The average molecular weight is 447 g/mol. The highest BCUT2D eigenvalue weighted by Crippen LogP contribution is 2.32. The Morgan fingerprint density at radius 1 is 1.18 bits per heavy atom. The van der Waals surface area contributed by atoms with Gasteiger partial charge in [-0.3, -0.25) is 4.79 Å². The summed E-state index contributed by atoms with van der Waals surface area (Å²) in [6.07, 6.45) is 2.53. The van der Waals surface area contributed by atoms with Crippen LogP contribution in [0.25, 0.3) is 22.7 Å². The lowest BCUT2D eigenvalue weighted by molar-refractivity contribution is -0.119. The zero-order valence-corrected chi connectivity index (χ0v) is 18.9. The van der Waals surface area contributed by atoms with E-state index in [0.717, 1.165) is 23.4 Å². The highest BCUT2D eigenvalue weighted by atomic mass is 16.5. The Bertz CT molecular complexity index is 1290. The maximum absolute atomic E-state index is 11.3. The summed E-state index contributed by atoms with van der Waals surface area (Å²) in [7, 11) is 1.81. The number of benzene rings is 2. The fourth-order valence-electron chi connectivity index (χ4n) is 3.58. The average Bonchev–Trinajstić information content (AvgIpc) is 3.41. The molecule has 1 fully saturated rings. The second-order valence-corrected chi connectivity index (χ2v) is 8.49. The van der Waals surface area contributed by atoms with Gasteiger partial charge in [-0.05, 0) is 67.6 Å². The molecule has 1 unspecified atom stereocenters. The molecule has 0 aliphatic heterocycles. The van der Waals surface area contributed by atoms with Crippen molar-refractivity contribution in [2.45, 2.75) is 32.7 Å². The van der Waals surface area contributed by atoms with Crippen LogP contribution in [0.5, 0.6) is 17.4 Å². The molecule has 5 rings (SSSR count). The van der Waals surface area contributed by atoms with Gasteiger partial charge < -0.3 is 19.2 Å². The lowest BCUT2D eigenvalue weighted by Gasteiger charge is -2.12. The van der Waals surface area contributed by atoms with Crippen LogP contribution in [-0.4, -0.2) is 27.3 Å². The minimum absolute atomic E-state index is 0.0812. The van der Waals surface area contributed by atoms with Gasteiger partial charge in [0.15, 0.2) is 11.3 Å². The molecule has 1 aliphatic carbocycles. The molecule has 33 heavy (non-hydrogen) atoms. The van der Waals surface area contributed by atoms with Gasteiger partial charge in [0.25, 0.3) is 0 Å². The SMILES string of the molecule is CC(=O)NC(C)c1ccc2nc(-c3cc(Oc4ccc(OCC5CC5)cc4)n(C)n3)oc2c1. The number of carbonyl (C=O) groups excluding carboxylic acids is 1. The number of oxazole rings is 1. The van der Waals surface area contributed by atoms with E-state index in [-0.39, 0.29) is 11.9 Å². The molecule has 0 saturated heterocycles. The zero-order chi connectivity index (χ0) is 22.9. The van der Waals surface area contributed by atoms with Crippen LogP contribution in [0.2, 0.25) is 0 Å². The third kappa shape index (κ3) is 4.84. The lowest BCUT2D eigenvalue weighted by Crippen LogP contribution is -2.23. The molecule has 4 aromatic rings. The molecule has 170 valence electrons. The predicted molar refractivity (Wildman–Crippen MR) is 123 cm³/mol. The standard InChI is InChI=1S/C25H26N4O4/c1-15(26-16(2)30)18-6-11-21-23(12-18)33-25(27-21)22-13-24(29(3)28-22)32-20-9-7-19(8-10-20)31-14-17-4-5-17/h6-13,15,17H,4-5,14H2,1-3H3,(H,26,30). The first-order valence-corrected chi connectivity index (χ1v) is 11.1. The van der Waals surface area contributed by atoms with E-state index in [0.29, 0.717) is 34.7 Å². The van der Waals surface area contributed by atoms with E-state index in [4.69, 9.17) is 13.9 Å². The van der Waals surface area contributed by atoms with E-state index in [1.807, 2.05) is 56.4 Å². The van der Waals surface area contributed by atoms with Crippen LogP contribution in [0.3, 0.4) is 0 Å². The maximum atomic E-state index is 11.3. The van der Waals surface area contributed by atoms with Crippen molar-refractivity contribution >= 4 is 17.0 Å². The summed E-state index contributed by atoms with van der Waals surface area (Å²) < 4.78 is 19.4. The van der Waals surface area contributed by atoms with Crippen LogP contribution in [0, 0.1) is 5.92 Å². The second kappa shape index (κ2) is 8.61. The number of ether oxygens (including phenoxy) is 2. The van der Waals surface area contributed by atoms with Crippen molar-refractivity contribution in [2.75, 3.05) is 6.61 Å². The van der Waals surface area contributed by atoms with Gasteiger partial charge >= 0.3 is 0 Å². The van der Waals surface area contributed by atoms with Crippen LogP contribution in [0.4, 0.5) is 0 Å². The van der Waals surface area contributed by atoms with Crippen molar-refractivity contribution < 1.29 is 18.7 Å². The molecular weight excluding hydrogens is 420 g/mol. The molecular formula is C25H26N4O4. The molecule has 0 spiro atoms. The summed E-state index contributed by atoms with van der Waals surface area (Å²) in [6.45, 7) is 4.21. The molecule has 1 saturated carbocycles. The van der Waals surface area contributed by atoms with Crippen LogP contribution in [0.15, 0.2) is 52.9 Å². The van der Waals surface area contributed by atoms with Crippen LogP contribution in [-0.2, 0) is 11.8 Å². The van der Waals surface area contributed by atoms with Gasteiger partial charge in [0.05, 0.1) is 12.6 Å². The van der Waals surface area contributed by atoms with Gasteiger partial charge in [-0.25, -0.2) is 9.67 Å². The van der Waals surface area contributed by atoms with Gasteiger partial charge in [0.1, 0.15) is 17.0 Å². The Morgan fingerprint density at radius 3 is 2.67 bits per heavy atom. The molecule has 8 heteroatoms. The highest BCUT2D eigenvalue weighted by Gasteiger charge is 2.22. The van der Waals surface area contributed by atoms with Crippen molar-refractivity contribution in [3.05, 3.63) is 54.1 Å². The topological polar surface area (TPSA) is 91.4 Å². The Kier molecular flexibility index (Phi) is 5.50. The summed E-state index contributed by atoms with van der Waals surface area (Å²) in [5.41, 5.74) is 2.87. The summed E-state index contributed by atoms with van der Waals surface area (Å²) in [4.78, 5) is 15.9. The van der Waals surface area contributed by atoms with E-state index in [1.165, 1.54) is 19.8 Å². The van der Waals surface area contributed by atoms with Gasteiger partial charge in [0.2, 0.25) is 17.7 Å². The van der Waals surface area contributed by atoms with E-state index in [9.17, 15) is 4.79 Å². The van der Waals surface area contributed by atoms with E-state index in [1.54, 1.807) is 10.7 Å². The number of fused-ring (bicyclic) bond motifs is 1. The molecule has 1 amide bonds. The van der Waals surface area contributed by atoms with Crippen LogP contribution < -0.4 is 14.8 Å². The fourth-order valence-corrected chi connectivity index (χ4v) is 3.58. The quantitative estimate of drug-likeness (QED) is 0.409. The number of aromatic nitrogens is 3. The van der Waals surface area contributed by atoms with Crippen molar-refractivity contribution in [1.29, 1.82) is 0 Å². The normalized spacial score (nSPS) is 14.3. The number of amides is 1. The molecule has 1 aliphatic rings. The maximum Gasteiger partial charge on any atom is 0.248 e. The van der Waals surface area contributed by atoms with Gasteiger partial charge in [0, 0.05) is 20.0 Å². The summed E-state index contributed by atoms with van der Waals surface area (Å²) in [6, 6.07) is 15.0. The summed E-state index contributed by atoms with van der Waals surface area (Å²) in [5, 5.41) is 7.37. The van der Waals surface area contributed by atoms with Crippen molar-refractivity contribution in [1.82, 2.24) is 20.1 Å². The van der Waals surface area contributed by atoms with Gasteiger partial charge in [-0.15, -0.1) is 0 Å². The van der Waals surface area contributed by atoms with Crippen molar-refractivity contribution in [3.8, 4) is 29.0 Å². The smallest absolute Gasteiger partial charge is 0.248 e. The molecule has 1 atom stereocenters. The summed E-state index contributed by atoms with van der Waals surface area (Å²) in [5.74, 6) is 3.15. The number of hydrogen-bond acceptors (Lipinski definition) is 6. The molecule has 2 aromatic carbocycles. The molecule has 8 nitrogen and oxygen atoms in total. The number of aryl methyl sites for hydroxylation is 1. The highest BCUT2D eigenvalue weighted by molar-refractivity contribution is 5.77. The first-order chi connectivity index (χ1) is 15.9. The lowest BCUT2D eigenvalue weighted by atomic mass is 10.1. The van der Waals surface area contributed by atoms with Crippen molar-refractivity contribution in [3.63, 3.8) is 0 Å². The molecule has 1 N–H and O–H groups in total. The predicted octanol–water partition coefficient (Wildman–Crippen LogP) is 5.01. The van der Waals surface area contributed by atoms with Crippen LogP contribution in [0.1, 0.15) is 38.3 Å². The third-order valence-electron chi connectivity index (χ3n) is 5.62. The van der Waals surface area contributed by atoms with E-state index < -0.39 is 0 Å². The number of nitrogens with one attached hydrogen (secondary N) is 1. The zero-order valence-electron chi connectivity index (χ0n) is 18.9. The molecule has 0 radical (unpaired) electrons. The first kappa shape index (κ1) is 21.1. The number of hydrogen-bond donors (Lipinski definition) is 1. The fraction of sp³-hybridized carbons (Fsp3) is 0.320. The minimum atomic E-state index is -0.124. The number of nitrogens with zero attached hydrogens (tertiary/aromatic N) is 3. The van der Waals surface area contributed by atoms with Gasteiger partial charge in [-0.2, -0.15) is 5.10 Å². The Balaban J connectivity index is 1.31. The summed E-state index contributed by atoms with van der Waals surface area (Å²) >= 11 is 0. The van der Waals surface area contributed by atoms with Crippen molar-refractivity contribution in [2.24, 2.45) is 13.0 Å². The third-order valence-corrected chi connectivity index (χ3v) is 5.62. The Morgan fingerprint density at radius 2 is 1.94 bits per heavy atom. The number of carbonyl (C=O) groups is 1. The Hall–Kier alpha value is -3.81. The monoisotopic (exact) mass is 446 g/mol. The number of rotatable bonds is 8. The molecule has 0 bridgehead atoms. The second-order valence-electron chi connectivity index (χ2n) is 8.49. The van der Waals surface area contributed by atoms with E-state index in [2.05, 4.69) is 15.4 Å². The van der Waals surface area contributed by atoms with E-state index >= 15 is 0 Å².